The van der Waals surface area contributed by atoms with Gasteiger partial charge in [-0.3, -0.25) is 4.98 Å². The normalized spacial score (nSPS) is 13.6. The zero-order valence-corrected chi connectivity index (χ0v) is 13.7. The summed E-state index contributed by atoms with van der Waals surface area (Å²) in [5.74, 6) is 0. The molecule has 1 unspecified atom stereocenters. The van der Waals surface area contributed by atoms with Crippen molar-refractivity contribution in [2.24, 2.45) is 0 Å². The number of pyridine rings is 1. The third kappa shape index (κ3) is 4.51. The van der Waals surface area contributed by atoms with Crippen molar-refractivity contribution < 1.29 is 4.74 Å². The summed E-state index contributed by atoms with van der Waals surface area (Å²) in [5.41, 5.74) is 3.22. The lowest BCUT2D eigenvalue weighted by Gasteiger charge is -2.25. The van der Waals surface area contributed by atoms with Gasteiger partial charge in [0.2, 0.25) is 0 Å². The molecule has 1 aromatic carbocycles. The van der Waals surface area contributed by atoms with Gasteiger partial charge in [0.05, 0.1) is 23.8 Å². The minimum atomic E-state index is -0.122. The average Bonchev–Trinajstić information content (AvgIpc) is 2.42. The van der Waals surface area contributed by atoms with E-state index in [-0.39, 0.29) is 11.6 Å². The van der Waals surface area contributed by atoms with Crippen molar-refractivity contribution in [2.75, 3.05) is 13.2 Å². The van der Waals surface area contributed by atoms with Crippen molar-refractivity contribution in [1.82, 2.24) is 10.3 Å². The van der Waals surface area contributed by atoms with E-state index in [1.807, 2.05) is 6.92 Å². The number of benzene rings is 1. The van der Waals surface area contributed by atoms with Crippen LogP contribution in [0, 0.1) is 6.92 Å². The molecular formula is C18H26N2O. The number of aromatic nitrogens is 1. The van der Waals surface area contributed by atoms with Gasteiger partial charge in [-0.15, -0.1) is 0 Å². The van der Waals surface area contributed by atoms with Crippen LogP contribution in [0.4, 0.5) is 0 Å². The van der Waals surface area contributed by atoms with Crippen molar-refractivity contribution in [3.05, 3.63) is 41.6 Å². The number of rotatable bonds is 5. The van der Waals surface area contributed by atoms with Gasteiger partial charge in [-0.05, 0) is 58.0 Å². The van der Waals surface area contributed by atoms with Crippen LogP contribution >= 0.6 is 0 Å². The minimum Gasteiger partial charge on any atom is -0.374 e. The Morgan fingerprint density at radius 1 is 1.19 bits per heavy atom. The first-order valence-corrected chi connectivity index (χ1v) is 7.63. The average molecular weight is 286 g/mol. The molecule has 1 atom stereocenters. The topological polar surface area (TPSA) is 34.1 Å². The maximum absolute atomic E-state index is 5.95. The van der Waals surface area contributed by atoms with Crippen LogP contribution in [0.15, 0.2) is 30.3 Å². The summed E-state index contributed by atoms with van der Waals surface area (Å²) in [7, 11) is 0. The summed E-state index contributed by atoms with van der Waals surface area (Å²) in [5, 5.41) is 4.68. The third-order valence-corrected chi connectivity index (χ3v) is 3.39. The summed E-state index contributed by atoms with van der Waals surface area (Å²) in [6.45, 7) is 12.0. The molecule has 1 heterocycles. The highest BCUT2D eigenvalue weighted by Gasteiger charge is 2.16. The van der Waals surface area contributed by atoms with Crippen molar-refractivity contribution in [2.45, 2.75) is 46.3 Å². The van der Waals surface area contributed by atoms with Gasteiger partial charge < -0.3 is 10.1 Å². The second-order valence-corrected chi connectivity index (χ2v) is 6.44. The van der Waals surface area contributed by atoms with Gasteiger partial charge >= 0.3 is 0 Å². The summed E-state index contributed by atoms with van der Waals surface area (Å²) in [4.78, 5) is 4.56. The first-order valence-electron chi connectivity index (χ1n) is 7.63. The molecule has 0 fully saturated rings. The minimum absolute atomic E-state index is 0.122. The number of nitrogens with zero attached hydrogens (tertiary/aromatic N) is 1. The molecule has 1 N–H and O–H groups in total. The van der Waals surface area contributed by atoms with Crippen LogP contribution in [-0.2, 0) is 4.74 Å². The van der Waals surface area contributed by atoms with Crippen LogP contribution in [-0.4, -0.2) is 23.7 Å². The number of hydrogen-bond acceptors (Lipinski definition) is 3. The molecule has 1 aromatic heterocycles. The van der Waals surface area contributed by atoms with Crippen molar-refractivity contribution in [3.8, 4) is 0 Å². The van der Waals surface area contributed by atoms with Crippen LogP contribution in [0.5, 0.6) is 0 Å². The molecule has 3 nitrogen and oxygen atoms in total. The van der Waals surface area contributed by atoms with Gasteiger partial charge in [-0.25, -0.2) is 0 Å². The monoisotopic (exact) mass is 286 g/mol. The Hall–Kier alpha value is -1.45. The van der Waals surface area contributed by atoms with Crippen molar-refractivity contribution in [1.29, 1.82) is 0 Å². The number of aryl methyl sites for hydroxylation is 1. The van der Waals surface area contributed by atoms with Crippen LogP contribution in [0.1, 0.15) is 45.0 Å². The second kappa shape index (κ2) is 6.54. The Bertz CT molecular complexity index is 602. The SMILES string of the molecule is CCNC(COC(C)(C)C)c1ccc2nc(C)ccc2c1. The number of likely N-dealkylation sites (N-methyl/N-ethyl adjacent to an activating group) is 1. The molecule has 21 heavy (non-hydrogen) atoms. The molecule has 0 aliphatic carbocycles. The lowest BCUT2D eigenvalue weighted by atomic mass is 10.0. The molecule has 0 saturated heterocycles. The largest absolute Gasteiger partial charge is 0.374 e. The molecule has 0 saturated carbocycles. The Labute approximate surface area is 127 Å². The Balaban J connectivity index is 2.25. The van der Waals surface area contributed by atoms with Crippen LogP contribution in [0.3, 0.4) is 0 Å². The van der Waals surface area contributed by atoms with E-state index in [0.717, 1.165) is 17.8 Å². The number of fused-ring (bicyclic) bond motifs is 1. The van der Waals surface area contributed by atoms with E-state index in [9.17, 15) is 0 Å². The Morgan fingerprint density at radius 2 is 1.95 bits per heavy atom. The van der Waals surface area contributed by atoms with Crippen LogP contribution in [0.25, 0.3) is 10.9 Å². The highest BCUT2D eigenvalue weighted by molar-refractivity contribution is 5.79. The van der Waals surface area contributed by atoms with Crippen LogP contribution in [0.2, 0.25) is 0 Å². The molecule has 0 amide bonds. The molecule has 3 heteroatoms. The highest BCUT2D eigenvalue weighted by atomic mass is 16.5. The standard InChI is InChI=1S/C18H26N2O/c1-6-19-17(12-21-18(3,4)5)15-9-10-16-14(11-15)8-7-13(2)20-16/h7-11,17,19H,6,12H2,1-5H3. The molecule has 114 valence electrons. The summed E-state index contributed by atoms with van der Waals surface area (Å²) in [6, 6.07) is 10.9. The molecule has 0 spiro atoms. The fraction of sp³-hybridized carbons (Fsp3) is 0.500. The maximum Gasteiger partial charge on any atom is 0.0705 e. The van der Waals surface area contributed by atoms with Crippen molar-refractivity contribution >= 4 is 10.9 Å². The lowest BCUT2D eigenvalue weighted by Crippen LogP contribution is -2.30. The molecule has 0 aliphatic heterocycles. The van der Waals surface area contributed by atoms with Gasteiger partial charge in [0.1, 0.15) is 0 Å². The third-order valence-electron chi connectivity index (χ3n) is 3.39. The lowest BCUT2D eigenvalue weighted by molar-refractivity contribution is -0.0146. The quantitative estimate of drug-likeness (QED) is 0.901. The predicted octanol–water partition coefficient (Wildman–Crippen LogP) is 4.01. The van der Waals surface area contributed by atoms with E-state index in [2.05, 4.69) is 68.3 Å². The van der Waals surface area contributed by atoms with E-state index in [0.29, 0.717) is 6.61 Å². The fourth-order valence-corrected chi connectivity index (χ4v) is 2.32. The molecule has 2 aromatic rings. The van der Waals surface area contributed by atoms with Gasteiger partial charge in [0.15, 0.2) is 0 Å². The van der Waals surface area contributed by atoms with E-state index in [1.54, 1.807) is 0 Å². The number of hydrogen-bond donors (Lipinski definition) is 1. The Morgan fingerprint density at radius 3 is 2.62 bits per heavy atom. The zero-order chi connectivity index (χ0) is 15.5. The Kier molecular flexibility index (Phi) is 4.96. The van der Waals surface area contributed by atoms with E-state index < -0.39 is 0 Å². The predicted molar refractivity (Wildman–Crippen MR) is 88.6 cm³/mol. The molecule has 0 bridgehead atoms. The summed E-state index contributed by atoms with van der Waals surface area (Å²) < 4.78 is 5.95. The molecular weight excluding hydrogens is 260 g/mol. The van der Waals surface area contributed by atoms with E-state index in [1.165, 1.54) is 10.9 Å². The van der Waals surface area contributed by atoms with Gasteiger partial charge in [0, 0.05) is 11.1 Å². The fourth-order valence-electron chi connectivity index (χ4n) is 2.32. The van der Waals surface area contributed by atoms with Crippen molar-refractivity contribution in [3.63, 3.8) is 0 Å². The van der Waals surface area contributed by atoms with Gasteiger partial charge in [0.25, 0.3) is 0 Å². The first-order chi connectivity index (χ1) is 9.89. The van der Waals surface area contributed by atoms with E-state index >= 15 is 0 Å². The summed E-state index contributed by atoms with van der Waals surface area (Å²) >= 11 is 0. The summed E-state index contributed by atoms with van der Waals surface area (Å²) in [6.07, 6.45) is 0. The molecule has 2 rings (SSSR count). The van der Waals surface area contributed by atoms with Crippen LogP contribution < -0.4 is 5.32 Å². The van der Waals surface area contributed by atoms with Gasteiger partial charge in [-0.1, -0.05) is 19.1 Å². The second-order valence-electron chi connectivity index (χ2n) is 6.44. The smallest absolute Gasteiger partial charge is 0.0705 e. The zero-order valence-electron chi connectivity index (χ0n) is 13.7. The van der Waals surface area contributed by atoms with E-state index in [4.69, 9.17) is 4.74 Å². The maximum atomic E-state index is 5.95. The number of ether oxygens (including phenoxy) is 1. The molecule has 0 radical (unpaired) electrons. The number of nitrogens with one attached hydrogen (secondary N) is 1. The van der Waals surface area contributed by atoms with Gasteiger partial charge in [-0.2, -0.15) is 0 Å². The highest BCUT2D eigenvalue weighted by Crippen LogP contribution is 2.21. The first kappa shape index (κ1) is 15.9. The molecule has 0 aliphatic rings.